The number of aromatic nitrogens is 3. The summed E-state index contributed by atoms with van der Waals surface area (Å²) in [5, 5.41) is 11.1. The SMILES string of the molecule is CCCc1nc2cc(C(=O)O)ccc2n1Cc1cscn1. The molecule has 0 saturated carbocycles. The molecule has 6 heteroatoms. The maximum Gasteiger partial charge on any atom is 0.335 e. The van der Waals surface area contributed by atoms with Crippen molar-refractivity contribution in [1.82, 2.24) is 14.5 Å². The average molecular weight is 301 g/mol. The van der Waals surface area contributed by atoms with Gasteiger partial charge in [0.25, 0.3) is 0 Å². The minimum Gasteiger partial charge on any atom is -0.478 e. The smallest absolute Gasteiger partial charge is 0.335 e. The average Bonchev–Trinajstić information content (AvgIpc) is 3.08. The Kier molecular flexibility index (Phi) is 3.70. The Balaban J connectivity index is 2.10. The lowest BCUT2D eigenvalue weighted by atomic mass is 10.2. The molecular weight excluding hydrogens is 286 g/mol. The predicted octanol–water partition coefficient (Wildman–Crippen LogP) is 3.19. The van der Waals surface area contributed by atoms with Crippen LogP contribution in [0.2, 0.25) is 0 Å². The summed E-state index contributed by atoms with van der Waals surface area (Å²) in [6.07, 6.45) is 1.85. The zero-order valence-electron chi connectivity index (χ0n) is 11.6. The van der Waals surface area contributed by atoms with Gasteiger partial charge in [0.1, 0.15) is 5.82 Å². The van der Waals surface area contributed by atoms with E-state index in [9.17, 15) is 4.79 Å². The van der Waals surface area contributed by atoms with Crippen LogP contribution in [-0.4, -0.2) is 25.6 Å². The van der Waals surface area contributed by atoms with Crippen molar-refractivity contribution in [3.8, 4) is 0 Å². The molecule has 0 unspecified atom stereocenters. The summed E-state index contributed by atoms with van der Waals surface area (Å²) in [6, 6.07) is 5.09. The third kappa shape index (κ3) is 2.67. The van der Waals surface area contributed by atoms with Gasteiger partial charge in [0.2, 0.25) is 0 Å². The molecule has 5 nitrogen and oxygen atoms in total. The molecule has 0 aliphatic heterocycles. The molecule has 0 aliphatic carbocycles. The third-order valence-electron chi connectivity index (χ3n) is 3.35. The topological polar surface area (TPSA) is 68.0 Å². The van der Waals surface area contributed by atoms with Crippen molar-refractivity contribution in [2.75, 3.05) is 0 Å². The summed E-state index contributed by atoms with van der Waals surface area (Å²) in [7, 11) is 0. The van der Waals surface area contributed by atoms with Crippen molar-refractivity contribution < 1.29 is 9.90 Å². The molecule has 0 amide bonds. The highest BCUT2D eigenvalue weighted by Gasteiger charge is 2.13. The Hall–Kier alpha value is -2.21. The zero-order chi connectivity index (χ0) is 14.8. The summed E-state index contributed by atoms with van der Waals surface area (Å²) in [4.78, 5) is 20.0. The zero-order valence-corrected chi connectivity index (χ0v) is 12.4. The maximum absolute atomic E-state index is 11.1. The highest BCUT2D eigenvalue weighted by atomic mass is 32.1. The number of rotatable bonds is 5. The van der Waals surface area contributed by atoms with E-state index >= 15 is 0 Å². The summed E-state index contributed by atoms with van der Waals surface area (Å²) >= 11 is 1.57. The first kappa shape index (κ1) is 13.8. The van der Waals surface area contributed by atoms with Crippen molar-refractivity contribution in [1.29, 1.82) is 0 Å². The third-order valence-corrected chi connectivity index (χ3v) is 3.99. The molecule has 0 fully saturated rings. The minimum atomic E-state index is -0.928. The van der Waals surface area contributed by atoms with Crippen LogP contribution in [0.3, 0.4) is 0 Å². The molecule has 0 saturated heterocycles. The monoisotopic (exact) mass is 301 g/mol. The number of nitrogens with zero attached hydrogens (tertiary/aromatic N) is 3. The van der Waals surface area contributed by atoms with E-state index in [2.05, 4.69) is 21.5 Å². The van der Waals surface area contributed by atoms with Crippen LogP contribution in [0.15, 0.2) is 29.1 Å². The standard InChI is InChI=1S/C15H15N3O2S/c1-2-3-14-17-12-6-10(15(19)20)4-5-13(12)18(14)7-11-8-21-9-16-11/h4-6,8-9H,2-3,7H2,1H3,(H,19,20). The van der Waals surface area contributed by atoms with Crippen LogP contribution in [0.1, 0.15) is 35.2 Å². The number of aromatic carboxylic acids is 1. The van der Waals surface area contributed by atoms with E-state index in [-0.39, 0.29) is 5.56 Å². The first-order valence-corrected chi connectivity index (χ1v) is 7.73. The van der Waals surface area contributed by atoms with Crippen molar-refractivity contribution in [2.45, 2.75) is 26.3 Å². The van der Waals surface area contributed by atoms with Crippen LogP contribution in [0, 0.1) is 0 Å². The number of carboxylic acids is 1. The molecular formula is C15H15N3O2S. The Morgan fingerprint density at radius 2 is 2.29 bits per heavy atom. The Labute approximate surface area is 125 Å². The Morgan fingerprint density at radius 1 is 1.43 bits per heavy atom. The highest BCUT2D eigenvalue weighted by Crippen LogP contribution is 2.21. The lowest BCUT2D eigenvalue weighted by molar-refractivity contribution is 0.0697. The number of carboxylic acid groups (broad SMARTS) is 1. The molecule has 3 rings (SSSR count). The number of thiazole rings is 1. The Morgan fingerprint density at radius 3 is 2.95 bits per heavy atom. The van der Waals surface area contributed by atoms with Crippen molar-refractivity contribution in [3.05, 3.63) is 46.2 Å². The van der Waals surface area contributed by atoms with E-state index in [0.29, 0.717) is 6.54 Å². The number of hydrogen-bond acceptors (Lipinski definition) is 4. The van der Waals surface area contributed by atoms with Crippen LogP contribution in [0.4, 0.5) is 0 Å². The number of aryl methyl sites for hydroxylation is 1. The molecule has 1 aromatic carbocycles. The van der Waals surface area contributed by atoms with Crippen molar-refractivity contribution in [3.63, 3.8) is 0 Å². The molecule has 3 aromatic rings. The molecule has 1 N–H and O–H groups in total. The predicted molar refractivity (Wildman–Crippen MR) is 81.9 cm³/mol. The molecule has 0 atom stereocenters. The first-order chi connectivity index (χ1) is 10.2. The van der Waals surface area contributed by atoms with Gasteiger partial charge in [-0.1, -0.05) is 6.92 Å². The second kappa shape index (κ2) is 5.65. The number of fused-ring (bicyclic) bond motifs is 1. The lowest BCUT2D eigenvalue weighted by Crippen LogP contribution is -2.05. The van der Waals surface area contributed by atoms with Crippen LogP contribution < -0.4 is 0 Å². The summed E-state index contributed by atoms with van der Waals surface area (Å²) in [5.74, 6) is 0.0473. The van der Waals surface area contributed by atoms with Gasteiger partial charge in [0, 0.05) is 11.8 Å². The first-order valence-electron chi connectivity index (χ1n) is 6.78. The number of benzene rings is 1. The fraction of sp³-hybridized carbons (Fsp3) is 0.267. The van der Waals surface area contributed by atoms with Crippen molar-refractivity contribution >= 4 is 28.3 Å². The van der Waals surface area contributed by atoms with Gasteiger partial charge in [-0.3, -0.25) is 0 Å². The molecule has 21 heavy (non-hydrogen) atoms. The largest absolute Gasteiger partial charge is 0.478 e. The fourth-order valence-corrected chi connectivity index (χ4v) is 2.93. The molecule has 2 heterocycles. The van der Waals surface area contributed by atoms with E-state index in [4.69, 9.17) is 5.11 Å². The molecule has 2 aromatic heterocycles. The molecule has 0 bridgehead atoms. The number of imidazole rings is 1. The summed E-state index contributed by atoms with van der Waals surface area (Å²) in [6.45, 7) is 2.77. The van der Waals surface area contributed by atoms with Crippen LogP contribution >= 0.6 is 11.3 Å². The van der Waals surface area contributed by atoms with Gasteiger partial charge >= 0.3 is 5.97 Å². The second-order valence-corrected chi connectivity index (χ2v) is 5.57. The van der Waals surface area contributed by atoms with E-state index in [1.165, 1.54) is 0 Å². The van der Waals surface area contributed by atoms with Gasteiger partial charge in [-0.2, -0.15) is 0 Å². The van der Waals surface area contributed by atoms with E-state index in [1.54, 1.807) is 23.5 Å². The molecule has 0 radical (unpaired) electrons. The van der Waals surface area contributed by atoms with Gasteiger partial charge in [-0.25, -0.2) is 14.8 Å². The van der Waals surface area contributed by atoms with Gasteiger partial charge in [-0.05, 0) is 24.6 Å². The van der Waals surface area contributed by atoms with E-state index < -0.39 is 5.97 Å². The van der Waals surface area contributed by atoms with Crippen molar-refractivity contribution in [2.24, 2.45) is 0 Å². The minimum absolute atomic E-state index is 0.267. The fourth-order valence-electron chi connectivity index (χ4n) is 2.38. The summed E-state index contributed by atoms with van der Waals surface area (Å²) in [5.41, 5.74) is 4.77. The van der Waals surface area contributed by atoms with Crippen LogP contribution in [-0.2, 0) is 13.0 Å². The Bertz CT molecular complexity index is 778. The van der Waals surface area contributed by atoms with Gasteiger partial charge in [-0.15, -0.1) is 11.3 Å². The summed E-state index contributed by atoms with van der Waals surface area (Å²) < 4.78 is 2.12. The molecule has 108 valence electrons. The van der Waals surface area contributed by atoms with Gasteiger partial charge in [0.15, 0.2) is 0 Å². The molecule has 0 spiro atoms. The van der Waals surface area contributed by atoms with E-state index in [1.807, 2.05) is 17.0 Å². The van der Waals surface area contributed by atoms with Crippen LogP contribution in [0.5, 0.6) is 0 Å². The van der Waals surface area contributed by atoms with E-state index in [0.717, 1.165) is 35.4 Å². The highest BCUT2D eigenvalue weighted by molar-refractivity contribution is 7.07. The number of hydrogen-bond donors (Lipinski definition) is 1. The van der Waals surface area contributed by atoms with Gasteiger partial charge in [0.05, 0.1) is 34.3 Å². The van der Waals surface area contributed by atoms with Gasteiger partial charge < -0.3 is 9.67 Å². The lowest BCUT2D eigenvalue weighted by Gasteiger charge is -2.06. The molecule has 0 aliphatic rings. The van der Waals surface area contributed by atoms with Crippen LogP contribution in [0.25, 0.3) is 11.0 Å². The quantitative estimate of drug-likeness (QED) is 0.786. The normalized spacial score (nSPS) is 11.1. The number of carbonyl (C=O) groups is 1. The maximum atomic E-state index is 11.1. The second-order valence-electron chi connectivity index (χ2n) is 4.85.